The molecule has 1 unspecified atom stereocenters. The highest BCUT2D eigenvalue weighted by atomic mass is 16.5. The van der Waals surface area contributed by atoms with Gasteiger partial charge in [-0.25, -0.2) is 9.59 Å². The highest BCUT2D eigenvalue weighted by Crippen LogP contribution is 2.24. The van der Waals surface area contributed by atoms with Crippen LogP contribution >= 0.6 is 0 Å². The van der Waals surface area contributed by atoms with E-state index in [1.807, 2.05) is 0 Å². The van der Waals surface area contributed by atoms with E-state index in [1.54, 1.807) is 24.3 Å². The summed E-state index contributed by atoms with van der Waals surface area (Å²) in [5, 5.41) is 13.2. The molecule has 1 aromatic rings. The molecular formula is C18H27NO5. The Hall–Kier alpha value is -2.08. The normalized spacial score (nSPS) is 13.0. The van der Waals surface area contributed by atoms with Gasteiger partial charge in [-0.3, -0.25) is 0 Å². The molecule has 0 heterocycles. The minimum Gasteiger partial charge on any atom is -0.465 e. The Morgan fingerprint density at radius 2 is 1.92 bits per heavy atom. The topological polar surface area (TPSA) is 84.9 Å². The zero-order valence-electron chi connectivity index (χ0n) is 14.6. The minimum atomic E-state index is -1.42. The van der Waals surface area contributed by atoms with Gasteiger partial charge in [0.2, 0.25) is 0 Å². The summed E-state index contributed by atoms with van der Waals surface area (Å²) in [5.41, 5.74) is -0.772. The van der Waals surface area contributed by atoms with Crippen molar-refractivity contribution in [2.24, 2.45) is 0 Å². The van der Waals surface area contributed by atoms with Crippen LogP contribution in [-0.2, 0) is 15.1 Å². The van der Waals surface area contributed by atoms with Crippen molar-refractivity contribution in [3.8, 4) is 0 Å². The van der Waals surface area contributed by atoms with Crippen LogP contribution in [0, 0.1) is 0 Å². The summed E-state index contributed by atoms with van der Waals surface area (Å²) >= 11 is 0. The number of carbonyl (C=O) groups excluding carboxylic acids is 2. The molecule has 1 aromatic carbocycles. The lowest BCUT2D eigenvalue weighted by atomic mass is 9.91. The number of benzene rings is 1. The molecule has 1 rings (SSSR count). The first-order chi connectivity index (χ1) is 11.4. The van der Waals surface area contributed by atoms with Crippen LogP contribution in [0.4, 0.5) is 4.79 Å². The number of unbranched alkanes of at least 4 members (excludes halogenated alkanes) is 3. The van der Waals surface area contributed by atoms with Gasteiger partial charge < -0.3 is 19.9 Å². The lowest BCUT2D eigenvalue weighted by Gasteiger charge is -2.26. The van der Waals surface area contributed by atoms with Gasteiger partial charge in [0.1, 0.15) is 5.60 Å². The van der Waals surface area contributed by atoms with Gasteiger partial charge in [-0.15, -0.1) is 0 Å². The molecule has 1 amide bonds. The number of hydrogen-bond acceptors (Lipinski definition) is 5. The van der Waals surface area contributed by atoms with E-state index in [0.717, 1.165) is 25.7 Å². The van der Waals surface area contributed by atoms with Gasteiger partial charge >= 0.3 is 12.1 Å². The third-order valence-electron chi connectivity index (χ3n) is 3.72. The maximum absolute atomic E-state index is 11.8. The summed E-state index contributed by atoms with van der Waals surface area (Å²) in [5.74, 6) is -0.538. The fourth-order valence-corrected chi connectivity index (χ4v) is 2.32. The van der Waals surface area contributed by atoms with E-state index >= 15 is 0 Å². The second kappa shape index (κ2) is 9.93. The van der Waals surface area contributed by atoms with Crippen molar-refractivity contribution in [2.75, 3.05) is 20.3 Å². The molecule has 0 radical (unpaired) electrons. The smallest absolute Gasteiger partial charge is 0.407 e. The van der Waals surface area contributed by atoms with Crippen molar-refractivity contribution in [1.29, 1.82) is 0 Å². The zero-order chi connectivity index (χ0) is 18.0. The summed E-state index contributed by atoms with van der Waals surface area (Å²) in [6.45, 7) is 3.92. The Bertz CT molecular complexity index is 542. The molecule has 0 spiro atoms. The Morgan fingerprint density at radius 1 is 1.21 bits per heavy atom. The van der Waals surface area contributed by atoms with Crippen molar-refractivity contribution < 1.29 is 24.2 Å². The number of alkyl carbamates (subject to hydrolysis) is 1. The largest absolute Gasteiger partial charge is 0.465 e. The molecule has 0 saturated heterocycles. The summed E-state index contributed by atoms with van der Waals surface area (Å²) < 4.78 is 9.79. The maximum Gasteiger partial charge on any atom is 0.407 e. The third kappa shape index (κ3) is 6.20. The second-order valence-corrected chi connectivity index (χ2v) is 5.86. The van der Waals surface area contributed by atoms with Crippen LogP contribution in [0.2, 0.25) is 0 Å². The van der Waals surface area contributed by atoms with Crippen molar-refractivity contribution in [3.05, 3.63) is 35.4 Å². The number of carbonyl (C=O) groups is 2. The van der Waals surface area contributed by atoms with E-state index in [1.165, 1.54) is 14.0 Å². The predicted molar refractivity (Wildman–Crippen MR) is 90.8 cm³/mol. The van der Waals surface area contributed by atoms with Gasteiger partial charge in [0, 0.05) is 0 Å². The van der Waals surface area contributed by atoms with Crippen LogP contribution < -0.4 is 5.32 Å². The number of nitrogens with one attached hydrogen (secondary N) is 1. The van der Waals surface area contributed by atoms with Gasteiger partial charge in [-0.2, -0.15) is 0 Å². The molecule has 0 saturated carbocycles. The van der Waals surface area contributed by atoms with Gasteiger partial charge in [0.15, 0.2) is 0 Å². The van der Waals surface area contributed by atoms with E-state index in [2.05, 4.69) is 12.2 Å². The minimum absolute atomic E-state index is 0.0746. The molecule has 0 aliphatic rings. The van der Waals surface area contributed by atoms with Crippen molar-refractivity contribution in [2.45, 2.75) is 45.1 Å². The monoisotopic (exact) mass is 337 g/mol. The molecule has 0 fully saturated rings. The van der Waals surface area contributed by atoms with E-state index < -0.39 is 17.7 Å². The summed E-state index contributed by atoms with van der Waals surface area (Å²) in [6.07, 6.45) is 3.50. The van der Waals surface area contributed by atoms with Crippen LogP contribution in [-0.4, -0.2) is 37.4 Å². The maximum atomic E-state index is 11.8. The Balaban J connectivity index is 2.58. The lowest BCUT2D eigenvalue weighted by Crippen LogP contribution is -2.40. The van der Waals surface area contributed by atoms with E-state index in [-0.39, 0.29) is 12.1 Å². The molecular weight excluding hydrogens is 310 g/mol. The number of amides is 1. The molecule has 134 valence electrons. The van der Waals surface area contributed by atoms with Gasteiger partial charge in [0.05, 0.1) is 25.8 Å². The third-order valence-corrected chi connectivity index (χ3v) is 3.72. The first kappa shape index (κ1) is 20.0. The van der Waals surface area contributed by atoms with E-state index in [9.17, 15) is 14.7 Å². The van der Waals surface area contributed by atoms with Crippen LogP contribution in [0.3, 0.4) is 0 Å². The van der Waals surface area contributed by atoms with Crippen molar-refractivity contribution in [1.82, 2.24) is 5.32 Å². The Morgan fingerprint density at radius 3 is 2.58 bits per heavy atom. The lowest BCUT2D eigenvalue weighted by molar-refractivity contribution is 0.0467. The van der Waals surface area contributed by atoms with Gasteiger partial charge in [0.25, 0.3) is 0 Å². The number of aliphatic hydroxyl groups is 1. The van der Waals surface area contributed by atoms with Crippen LogP contribution in [0.1, 0.15) is 55.5 Å². The average Bonchev–Trinajstić information content (AvgIpc) is 2.59. The number of hydrogen-bond donors (Lipinski definition) is 2. The number of methoxy groups -OCH3 is 1. The SMILES string of the molecule is CCCCCCOC(=O)NCC(C)(O)c1ccccc1C(=O)OC. The fourth-order valence-electron chi connectivity index (χ4n) is 2.32. The number of rotatable bonds is 9. The van der Waals surface area contributed by atoms with Gasteiger partial charge in [-0.1, -0.05) is 44.4 Å². The molecule has 6 nitrogen and oxygen atoms in total. The standard InChI is InChI=1S/C18H27NO5/c1-4-5-6-9-12-24-17(21)19-13-18(2,22)15-11-8-7-10-14(15)16(20)23-3/h7-8,10-11,22H,4-6,9,12-13H2,1-3H3,(H,19,21). The molecule has 0 aromatic heterocycles. The molecule has 2 N–H and O–H groups in total. The molecule has 6 heteroatoms. The average molecular weight is 337 g/mol. The quantitative estimate of drug-likeness (QED) is 0.534. The van der Waals surface area contributed by atoms with E-state index in [0.29, 0.717) is 12.2 Å². The molecule has 0 aliphatic carbocycles. The zero-order valence-corrected chi connectivity index (χ0v) is 14.6. The summed E-state index contributed by atoms with van der Waals surface area (Å²) in [4.78, 5) is 23.5. The molecule has 0 aliphatic heterocycles. The van der Waals surface area contributed by atoms with Crippen molar-refractivity contribution >= 4 is 12.1 Å². The summed E-state index contributed by atoms with van der Waals surface area (Å²) in [7, 11) is 1.28. The fraction of sp³-hybridized carbons (Fsp3) is 0.556. The summed E-state index contributed by atoms with van der Waals surface area (Å²) in [6, 6.07) is 6.60. The molecule has 0 bridgehead atoms. The Labute approximate surface area is 143 Å². The molecule has 1 atom stereocenters. The first-order valence-corrected chi connectivity index (χ1v) is 8.23. The highest BCUT2D eigenvalue weighted by molar-refractivity contribution is 5.91. The number of ether oxygens (including phenoxy) is 2. The number of esters is 1. The van der Waals surface area contributed by atoms with Crippen LogP contribution in [0.15, 0.2) is 24.3 Å². The molecule has 24 heavy (non-hydrogen) atoms. The second-order valence-electron chi connectivity index (χ2n) is 5.86. The van der Waals surface area contributed by atoms with Gasteiger partial charge in [-0.05, 0) is 25.0 Å². The van der Waals surface area contributed by atoms with Crippen molar-refractivity contribution in [3.63, 3.8) is 0 Å². The first-order valence-electron chi connectivity index (χ1n) is 8.23. The Kier molecular flexibility index (Phi) is 8.26. The highest BCUT2D eigenvalue weighted by Gasteiger charge is 2.29. The van der Waals surface area contributed by atoms with Crippen LogP contribution in [0.5, 0.6) is 0 Å². The van der Waals surface area contributed by atoms with Crippen LogP contribution in [0.25, 0.3) is 0 Å². The van der Waals surface area contributed by atoms with E-state index in [4.69, 9.17) is 9.47 Å². The predicted octanol–water partition coefficient (Wildman–Crippen LogP) is 2.99.